The molecule has 27 heavy (non-hydrogen) atoms. The molecule has 0 saturated carbocycles. The first-order valence-corrected chi connectivity index (χ1v) is 9.76. The van der Waals surface area contributed by atoms with Crippen LogP contribution in [0, 0.1) is 0 Å². The normalized spacial score (nSPS) is 22.2. The standard InChI is InChI=1S/C20H24N6O/c27-18(11-15-5-2-6-21-15)25-7-9-26(10-8-25)19-16(14-3-1-4-14)12-22-20-17(19)13-23-24-20/h1,3-4,12-13,15,21H,2,5-11H2,(H,22,23,24). The average molecular weight is 364 g/mol. The van der Waals surface area contributed by atoms with Gasteiger partial charge < -0.3 is 15.1 Å². The second-order valence-electron chi connectivity index (χ2n) is 7.50. The number of H-pyrrole nitrogens is 1. The molecule has 7 heteroatoms. The summed E-state index contributed by atoms with van der Waals surface area (Å²) in [7, 11) is 0. The predicted octanol–water partition coefficient (Wildman–Crippen LogP) is 1.70. The third-order valence-corrected chi connectivity index (χ3v) is 5.85. The Bertz CT molecular complexity index is 916. The van der Waals surface area contributed by atoms with Crippen LogP contribution in [0.4, 0.5) is 5.69 Å². The van der Waals surface area contributed by atoms with Gasteiger partial charge in [0, 0.05) is 50.4 Å². The van der Waals surface area contributed by atoms with Crippen molar-refractivity contribution in [3.8, 4) is 0 Å². The zero-order valence-corrected chi connectivity index (χ0v) is 15.3. The monoisotopic (exact) mass is 364 g/mol. The molecule has 1 aliphatic carbocycles. The van der Waals surface area contributed by atoms with Crippen LogP contribution in [0.5, 0.6) is 0 Å². The highest BCUT2D eigenvalue weighted by molar-refractivity contribution is 5.99. The van der Waals surface area contributed by atoms with Crippen LogP contribution in [0.25, 0.3) is 16.6 Å². The van der Waals surface area contributed by atoms with Gasteiger partial charge in [0.25, 0.3) is 0 Å². The summed E-state index contributed by atoms with van der Waals surface area (Å²) in [5.41, 5.74) is 4.32. The first kappa shape index (κ1) is 16.5. The Labute approximate surface area is 158 Å². The van der Waals surface area contributed by atoms with E-state index in [-0.39, 0.29) is 5.91 Å². The second kappa shape index (κ2) is 6.81. The molecule has 2 aromatic heterocycles. The molecular weight excluding hydrogens is 340 g/mol. The SMILES string of the molecule is O=C(CC1CCCN1)N1CCN(c2c(C3=CC=C3)cnc3[nH]ncc23)CC1. The summed E-state index contributed by atoms with van der Waals surface area (Å²) in [6.45, 7) is 4.24. The number of carbonyl (C=O) groups is 1. The fourth-order valence-electron chi connectivity index (χ4n) is 4.26. The van der Waals surface area contributed by atoms with Crippen LogP contribution in [0.3, 0.4) is 0 Å². The summed E-state index contributed by atoms with van der Waals surface area (Å²) in [4.78, 5) is 21.5. The lowest BCUT2D eigenvalue weighted by atomic mass is 9.97. The van der Waals surface area contributed by atoms with E-state index in [4.69, 9.17) is 0 Å². The van der Waals surface area contributed by atoms with Crippen LogP contribution in [0.2, 0.25) is 0 Å². The molecule has 7 nitrogen and oxygen atoms in total. The molecule has 2 saturated heterocycles. The zero-order chi connectivity index (χ0) is 18.2. The fraction of sp³-hybridized carbons (Fsp3) is 0.450. The summed E-state index contributed by atoms with van der Waals surface area (Å²) in [6, 6.07) is 0.366. The van der Waals surface area contributed by atoms with Gasteiger partial charge in [-0.25, -0.2) is 4.98 Å². The molecule has 3 aliphatic rings. The summed E-state index contributed by atoms with van der Waals surface area (Å²) in [5, 5.41) is 11.6. The molecule has 1 unspecified atom stereocenters. The van der Waals surface area contributed by atoms with E-state index in [1.165, 1.54) is 17.7 Å². The molecule has 0 spiro atoms. The van der Waals surface area contributed by atoms with E-state index in [2.05, 4.69) is 37.6 Å². The van der Waals surface area contributed by atoms with Crippen molar-refractivity contribution in [2.24, 2.45) is 0 Å². The van der Waals surface area contributed by atoms with Gasteiger partial charge in [-0.05, 0) is 25.0 Å². The van der Waals surface area contributed by atoms with Crippen molar-refractivity contribution in [1.29, 1.82) is 0 Å². The molecule has 0 bridgehead atoms. The molecule has 4 heterocycles. The lowest BCUT2D eigenvalue weighted by Crippen LogP contribution is -2.50. The van der Waals surface area contributed by atoms with Crippen LogP contribution in [0.15, 0.2) is 30.6 Å². The topological polar surface area (TPSA) is 77.2 Å². The summed E-state index contributed by atoms with van der Waals surface area (Å²) >= 11 is 0. The largest absolute Gasteiger partial charge is 0.367 e. The molecule has 2 fully saturated rings. The number of fused-ring (bicyclic) bond motifs is 1. The number of hydrogen-bond donors (Lipinski definition) is 2. The van der Waals surface area contributed by atoms with Gasteiger partial charge >= 0.3 is 0 Å². The maximum Gasteiger partial charge on any atom is 0.224 e. The van der Waals surface area contributed by atoms with E-state index in [9.17, 15) is 4.79 Å². The molecule has 0 radical (unpaired) electrons. The highest BCUT2D eigenvalue weighted by atomic mass is 16.2. The number of amides is 1. The van der Waals surface area contributed by atoms with Gasteiger partial charge in [-0.1, -0.05) is 18.2 Å². The Morgan fingerprint density at radius 3 is 2.78 bits per heavy atom. The van der Waals surface area contributed by atoms with Crippen molar-refractivity contribution < 1.29 is 4.79 Å². The Balaban J connectivity index is 1.33. The number of nitrogens with one attached hydrogen (secondary N) is 2. The average Bonchev–Trinajstić information content (AvgIpc) is 3.32. The Morgan fingerprint density at radius 1 is 1.22 bits per heavy atom. The Kier molecular flexibility index (Phi) is 4.16. The molecule has 2 aromatic rings. The van der Waals surface area contributed by atoms with Gasteiger partial charge in [0.2, 0.25) is 5.91 Å². The zero-order valence-electron chi connectivity index (χ0n) is 15.3. The Hall–Kier alpha value is -2.67. The van der Waals surface area contributed by atoms with Gasteiger partial charge in [-0.3, -0.25) is 9.89 Å². The molecule has 2 N–H and O–H groups in total. The minimum atomic E-state index is 0.280. The van der Waals surface area contributed by atoms with Gasteiger partial charge in [-0.2, -0.15) is 5.10 Å². The number of allylic oxidation sites excluding steroid dienone is 4. The third kappa shape index (κ3) is 3.02. The third-order valence-electron chi connectivity index (χ3n) is 5.85. The van der Waals surface area contributed by atoms with E-state index in [1.54, 1.807) is 0 Å². The number of hydrogen-bond acceptors (Lipinski definition) is 5. The number of rotatable bonds is 4. The molecule has 2 aliphatic heterocycles. The van der Waals surface area contributed by atoms with Gasteiger partial charge in [-0.15, -0.1) is 0 Å². The molecule has 1 atom stereocenters. The van der Waals surface area contributed by atoms with Crippen molar-refractivity contribution in [2.75, 3.05) is 37.6 Å². The number of anilines is 1. The van der Waals surface area contributed by atoms with E-state index >= 15 is 0 Å². The predicted molar refractivity (Wildman–Crippen MR) is 105 cm³/mol. The van der Waals surface area contributed by atoms with Gasteiger partial charge in [0.05, 0.1) is 17.3 Å². The number of nitrogens with zero attached hydrogens (tertiary/aromatic N) is 4. The van der Waals surface area contributed by atoms with Gasteiger partial charge in [0.15, 0.2) is 5.65 Å². The van der Waals surface area contributed by atoms with E-state index < -0.39 is 0 Å². The molecule has 5 rings (SSSR count). The smallest absolute Gasteiger partial charge is 0.224 e. The quantitative estimate of drug-likeness (QED) is 0.864. The minimum absolute atomic E-state index is 0.280. The number of carbonyl (C=O) groups excluding carboxylic acids is 1. The second-order valence-corrected chi connectivity index (χ2v) is 7.50. The van der Waals surface area contributed by atoms with Gasteiger partial charge in [0.1, 0.15) is 0 Å². The number of piperazine rings is 1. The molecular formula is C20H24N6O. The van der Waals surface area contributed by atoms with Crippen molar-refractivity contribution in [1.82, 2.24) is 25.4 Å². The highest BCUT2D eigenvalue weighted by Gasteiger charge is 2.27. The van der Waals surface area contributed by atoms with Crippen molar-refractivity contribution in [2.45, 2.75) is 25.3 Å². The highest BCUT2D eigenvalue weighted by Crippen LogP contribution is 2.36. The Morgan fingerprint density at radius 2 is 2.07 bits per heavy atom. The lowest BCUT2D eigenvalue weighted by molar-refractivity contribution is -0.131. The van der Waals surface area contributed by atoms with E-state index in [0.29, 0.717) is 12.5 Å². The first-order chi connectivity index (χ1) is 13.3. The van der Waals surface area contributed by atoms with Crippen molar-refractivity contribution >= 4 is 28.2 Å². The molecule has 0 aromatic carbocycles. The minimum Gasteiger partial charge on any atom is -0.367 e. The maximum absolute atomic E-state index is 12.6. The van der Waals surface area contributed by atoms with Crippen molar-refractivity contribution in [3.63, 3.8) is 0 Å². The number of pyridine rings is 1. The molecule has 1 amide bonds. The summed E-state index contributed by atoms with van der Waals surface area (Å²) in [5.74, 6) is 0.280. The van der Waals surface area contributed by atoms with Crippen LogP contribution in [-0.4, -0.2) is 64.8 Å². The molecule has 140 valence electrons. The van der Waals surface area contributed by atoms with Crippen LogP contribution in [0.1, 0.15) is 24.8 Å². The van der Waals surface area contributed by atoms with Crippen LogP contribution >= 0.6 is 0 Å². The first-order valence-electron chi connectivity index (χ1n) is 9.76. The lowest BCUT2D eigenvalue weighted by Gasteiger charge is -2.37. The summed E-state index contributed by atoms with van der Waals surface area (Å²) in [6.07, 6.45) is 13.0. The summed E-state index contributed by atoms with van der Waals surface area (Å²) < 4.78 is 0. The van der Waals surface area contributed by atoms with E-state index in [0.717, 1.165) is 55.7 Å². The van der Waals surface area contributed by atoms with Crippen LogP contribution in [-0.2, 0) is 4.79 Å². The van der Waals surface area contributed by atoms with E-state index in [1.807, 2.05) is 23.4 Å². The maximum atomic E-state index is 12.6. The number of aromatic nitrogens is 3. The van der Waals surface area contributed by atoms with Crippen LogP contribution < -0.4 is 10.2 Å². The van der Waals surface area contributed by atoms with Crippen molar-refractivity contribution in [3.05, 3.63) is 36.2 Å². The fourth-order valence-corrected chi connectivity index (χ4v) is 4.26. The number of aromatic amines is 1.